The Labute approximate surface area is 162 Å². The van der Waals surface area contributed by atoms with Crippen molar-refractivity contribution in [3.8, 4) is 11.5 Å². The van der Waals surface area contributed by atoms with Gasteiger partial charge in [-0.05, 0) is 56.3 Å². The molecular weight excluding hydrogens is 358 g/mol. The number of rotatable bonds is 4. The Balaban J connectivity index is 1.39. The fourth-order valence-electron chi connectivity index (χ4n) is 6.39. The highest BCUT2D eigenvalue weighted by molar-refractivity contribution is 5.80. The van der Waals surface area contributed by atoms with Gasteiger partial charge in [-0.15, -0.1) is 0 Å². The lowest BCUT2D eigenvalue weighted by molar-refractivity contribution is -0.129. The second kappa shape index (κ2) is 5.90. The summed E-state index contributed by atoms with van der Waals surface area (Å²) in [4.78, 5) is 8.86. The molecule has 2 unspecified atom stereocenters. The van der Waals surface area contributed by atoms with Gasteiger partial charge in [0.25, 0.3) is 5.89 Å². The van der Waals surface area contributed by atoms with Crippen molar-refractivity contribution in [2.45, 2.75) is 56.8 Å². The molecule has 0 amide bonds. The summed E-state index contributed by atoms with van der Waals surface area (Å²) in [5.41, 5.74) is 2.53. The number of hydrogen-bond donors (Lipinski definition) is 4. The van der Waals surface area contributed by atoms with Crippen molar-refractivity contribution >= 4 is 11.5 Å². The maximum absolute atomic E-state index is 10.9. The van der Waals surface area contributed by atoms with Crippen LogP contribution < -0.4 is 10.6 Å². The van der Waals surface area contributed by atoms with Crippen LogP contribution in [-0.4, -0.2) is 43.5 Å². The molecule has 4 bridgehead atoms. The van der Waals surface area contributed by atoms with E-state index in [2.05, 4.69) is 25.8 Å². The molecule has 148 valence electrons. The van der Waals surface area contributed by atoms with E-state index in [9.17, 15) is 10.2 Å². The number of aliphatic hydroxyl groups is 2. The lowest BCUT2D eigenvalue weighted by Gasteiger charge is -2.58. The third-order valence-electron chi connectivity index (χ3n) is 7.24. The predicted molar refractivity (Wildman–Crippen MR) is 102 cm³/mol. The zero-order valence-corrected chi connectivity index (χ0v) is 15.7. The van der Waals surface area contributed by atoms with Gasteiger partial charge in [-0.1, -0.05) is 5.16 Å². The third-order valence-corrected chi connectivity index (χ3v) is 7.24. The maximum atomic E-state index is 10.9. The predicted octanol–water partition coefficient (Wildman–Crippen LogP) is 1.94. The minimum atomic E-state index is -0.443. The van der Waals surface area contributed by atoms with Gasteiger partial charge in [0.2, 0.25) is 0 Å². The summed E-state index contributed by atoms with van der Waals surface area (Å²) < 4.78 is 5.40. The Kier molecular flexibility index (Phi) is 3.53. The van der Waals surface area contributed by atoms with Crippen LogP contribution in [-0.2, 0) is 13.0 Å². The molecule has 0 aromatic carbocycles. The molecule has 8 nitrogen and oxygen atoms in total. The summed E-state index contributed by atoms with van der Waals surface area (Å²) in [6, 6.07) is 0.350. The number of fused-ring (bicyclic) bond motifs is 1. The molecule has 0 saturated heterocycles. The van der Waals surface area contributed by atoms with E-state index in [4.69, 9.17) is 4.52 Å². The van der Waals surface area contributed by atoms with E-state index in [1.807, 2.05) is 0 Å². The zero-order chi connectivity index (χ0) is 18.9. The molecule has 3 heterocycles. The van der Waals surface area contributed by atoms with Gasteiger partial charge in [0.15, 0.2) is 5.82 Å². The molecular formula is C20H25N5O3. The van der Waals surface area contributed by atoms with Crippen LogP contribution in [0.25, 0.3) is 11.5 Å². The van der Waals surface area contributed by atoms with Crippen molar-refractivity contribution in [1.29, 1.82) is 0 Å². The molecule has 2 atom stereocenters. The minimum Gasteiger partial charge on any atom is -0.390 e. The summed E-state index contributed by atoms with van der Waals surface area (Å²) in [7, 11) is 0. The van der Waals surface area contributed by atoms with Crippen LogP contribution in [0, 0.1) is 17.8 Å². The highest BCUT2D eigenvalue weighted by Crippen LogP contribution is 2.56. The van der Waals surface area contributed by atoms with Crippen molar-refractivity contribution in [3.63, 3.8) is 0 Å². The molecule has 0 spiro atoms. The number of aromatic nitrogens is 3. The Bertz CT molecular complexity index is 913. The van der Waals surface area contributed by atoms with E-state index >= 15 is 0 Å². The monoisotopic (exact) mass is 383 g/mol. The van der Waals surface area contributed by atoms with Crippen LogP contribution in [0.2, 0.25) is 0 Å². The maximum Gasteiger partial charge on any atom is 0.261 e. The number of nitrogens with zero attached hydrogens (tertiary/aromatic N) is 3. The van der Waals surface area contributed by atoms with E-state index in [0.29, 0.717) is 29.7 Å². The van der Waals surface area contributed by atoms with E-state index in [1.54, 1.807) is 6.20 Å². The van der Waals surface area contributed by atoms with Gasteiger partial charge in [0.1, 0.15) is 12.4 Å². The first-order valence-corrected chi connectivity index (χ1v) is 10.3. The highest BCUT2D eigenvalue weighted by atomic mass is 16.5. The van der Waals surface area contributed by atoms with Crippen molar-refractivity contribution < 1.29 is 14.7 Å². The summed E-state index contributed by atoms with van der Waals surface area (Å²) in [6.07, 6.45) is 7.85. The SMILES string of the molecule is OCc1noc(-c2cnc3c(c2NC2C4CC5CC2CC(O)(C5)C4)CCN3)n1. The second-order valence-corrected chi connectivity index (χ2v) is 9.09. The molecule has 7 rings (SSSR count). The molecule has 5 aliphatic rings. The first-order chi connectivity index (χ1) is 13.6. The molecule has 2 aromatic rings. The van der Waals surface area contributed by atoms with E-state index in [0.717, 1.165) is 54.9 Å². The van der Waals surface area contributed by atoms with E-state index in [1.165, 1.54) is 12.8 Å². The van der Waals surface area contributed by atoms with Gasteiger partial charge < -0.3 is 25.4 Å². The quantitative estimate of drug-likeness (QED) is 0.633. The van der Waals surface area contributed by atoms with Crippen LogP contribution in [0.1, 0.15) is 43.5 Å². The number of aliphatic hydroxyl groups excluding tert-OH is 1. The van der Waals surface area contributed by atoms with Crippen LogP contribution in [0.5, 0.6) is 0 Å². The fraction of sp³-hybridized carbons (Fsp3) is 0.650. The Morgan fingerprint density at radius 3 is 2.79 bits per heavy atom. The van der Waals surface area contributed by atoms with Crippen LogP contribution in [0.4, 0.5) is 11.5 Å². The average molecular weight is 383 g/mol. The summed E-state index contributed by atoms with van der Waals surface area (Å²) in [6.45, 7) is 0.616. The Morgan fingerprint density at radius 2 is 2.07 bits per heavy atom. The third kappa shape index (κ3) is 2.47. The zero-order valence-electron chi connectivity index (χ0n) is 15.7. The molecule has 0 radical (unpaired) electrons. The molecule has 4 aliphatic carbocycles. The van der Waals surface area contributed by atoms with Crippen LogP contribution in [0.3, 0.4) is 0 Å². The number of anilines is 2. The van der Waals surface area contributed by atoms with Crippen molar-refractivity contribution in [3.05, 3.63) is 17.6 Å². The first-order valence-electron chi connectivity index (χ1n) is 10.3. The second-order valence-electron chi connectivity index (χ2n) is 9.09. The number of pyridine rings is 1. The summed E-state index contributed by atoms with van der Waals surface area (Å²) >= 11 is 0. The lowest BCUT2D eigenvalue weighted by atomic mass is 9.52. The molecule has 4 saturated carbocycles. The van der Waals surface area contributed by atoms with Crippen LogP contribution >= 0.6 is 0 Å². The molecule has 2 aromatic heterocycles. The smallest absolute Gasteiger partial charge is 0.261 e. The molecule has 8 heteroatoms. The van der Waals surface area contributed by atoms with Gasteiger partial charge in [0, 0.05) is 24.3 Å². The Morgan fingerprint density at radius 1 is 1.25 bits per heavy atom. The van der Waals surface area contributed by atoms with E-state index in [-0.39, 0.29) is 12.4 Å². The first kappa shape index (κ1) is 16.7. The molecule has 28 heavy (non-hydrogen) atoms. The summed E-state index contributed by atoms with van der Waals surface area (Å²) in [5.74, 6) is 3.24. The highest BCUT2D eigenvalue weighted by Gasteiger charge is 2.54. The molecule has 4 N–H and O–H groups in total. The standard InChI is InChI=1S/C20H25N5O3/c26-9-15-23-19(28-25-15)14-8-22-18-13(1-2-21-18)17(14)24-16-11-3-10-4-12(16)7-20(27,5-10)6-11/h8,10-12,16,26-27H,1-7,9H2,(H2,21,22,24). The van der Waals surface area contributed by atoms with Crippen molar-refractivity contribution in [2.24, 2.45) is 17.8 Å². The average Bonchev–Trinajstić information content (AvgIpc) is 3.32. The van der Waals surface area contributed by atoms with E-state index < -0.39 is 5.60 Å². The van der Waals surface area contributed by atoms with Crippen molar-refractivity contribution in [1.82, 2.24) is 15.1 Å². The van der Waals surface area contributed by atoms with Gasteiger partial charge in [0.05, 0.1) is 16.9 Å². The number of nitrogens with one attached hydrogen (secondary N) is 2. The molecule has 1 aliphatic heterocycles. The van der Waals surface area contributed by atoms with Gasteiger partial charge in [-0.3, -0.25) is 0 Å². The van der Waals surface area contributed by atoms with Gasteiger partial charge in [-0.2, -0.15) is 4.98 Å². The number of hydrogen-bond acceptors (Lipinski definition) is 8. The minimum absolute atomic E-state index is 0.251. The summed E-state index contributed by atoms with van der Waals surface area (Å²) in [5, 5.41) is 31.2. The topological polar surface area (TPSA) is 116 Å². The largest absolute Gasteiger partial charge is 0.390 e. The fourth-order valence-corrected chi connectivity index (χ4v) is 6.39. The van der Waals surface area contributed by atoms with Gasteiger partial charge in [-0.25, -0.2) is 4.98 Å². The lowest BCUT2D eigenvalue weighted by Crippen LogP contribution is -2.59. The molecule has 4 fully saturated rings. The van der Waals surface area contributed by atoms with Crippen LogP contribution in [0.15, 0.2) is 10.7 Å². The normalized spacial score (nSPS) is 35.1. The van der Waals surface area contributed by atoms with Gasteiger partial charge >= 0.3 is 0 Å². The Hall–Kier alpha value is -2.19. The van der Waals surface area contributed by atoms with Crippen molar-refractivity contribution in [2.75, 3.05) is 17.2 Å².